The van der Waals surface area contributed by atoms with E-state index in [2.05, 4.69) is 19.9 Å². The molecule has 7 nitrogen and oxygen atoms in total. The van der Waals surface area contributed by atoms with Crippen LogP contribution >= 0.6 is 0 Å². The molecule has 0 aromatic carbocycles. The van der Waals surface area contributed by atoms with Crippen molar-refractivity contribution < 1.29 is 9.53 Å². The van der Waals surface area contributed by atoms with Crippen molar-refractivity contribution in [2.45, 2.75) is 44.7 Å². The van der Waals surface area contributed by atoms with Gasteiger partial charge < -0.3 is 14.5 Å². The first-order chi connectivity index (χ1) is 13.7. The fourth-order valence-corrected chi connectivity index (χ4v) is 4.93. The molecule has 7 heteroatoms. The van der Waals surface area contributed by atoms with E-state index in [1.54, 1.807) is 6.20 Å². The fraction of sp³-hybridized carbons (Fsp3) is 0.571. The summed E-state index contributed by atoms with van der Waals surface area (Å²) < 4.78 is 7.55. The van der Waals surface area contributed by atoms with Gasteiger partial charge in [-0.3, -0.25) is 9.78 Å². The van der Waals surface area contributed by atoms with E-state index in [-0.39, 0.29) is 5.92 Å². The molecular weight excluding hydrogens is 354 g/mol. The summed E-state index contributed by atoms with van der Waals surface area (Å²) >= 11 is 0. The Labute approximate surface area is 165 Å². The summed E-state index contributed by atoms with van der Waals surface area (Å²) in [6.45, 7) is 5.21. The van der Waals surface area contributed by atoms with E-state index >= 15 is 0 Å². The zero-order valence-corrected chi connectivity index (χ0v) is 16.3. The highest BCUT2D eigenvalue weighted by molar-refractivity contribution is 5.80. The molecule has 0 saturated carbocycles. The van der Waals surface area contributed by atoms with Gasteiger partial charge in [0.05, 0.1) is 49.1 Å². The second kappa shape index (κ2) is 7.20. The predicted molar refractivity (Wildman–Crippen MR) is 106 cm³/mol. The second-order valence-electron chi connectivity index (χ2n) is 8.26. The molecule has 0 N–H and O–H groups in total. The maximum atomic E-state index is 13.2. The molecule has 5 rings (SSSR count). The highest BCUT2D eigenvalue weighted by Crippen LogP contribution is 2.34. The molecule has 28 heavy (non-hydrogen) atoms. The molecule has 2 bridgehead atoms. The third-order valence-electron chi connectivity index (χ3n) is 6.42. The van der Waals surface area contributed by atoms with Gasteiger partial charge in [-0.05, 0) is 44.2 Å². The number of carbonyl (C=O) groups is 1. The molecule has 2 aromatic heterocycles. The van der Waals surface area contributed by atoms with Crippen molar-refractivity contribution in [1.29, 1.82) is 0 Å². The van der Waals surface area contributed by atoms with Gasteiger partial charge in [-0.1, -0.05) is 0 Å². The number of pyridine rings is 1. The van der Waals surface area contributed by atoms with Crippen LogP contribution in [0.5, 0.6) is 0 Å². The predicted octanol–water partition coefficient (Wildman–Crippen LogP) is 2.18. The van der Waals surface area contributed by atoms with Gasteiger partial charge in [0.1, 0.15) is 0 Å². The van der Waals surface area contributed by atoms with Crippen molar-refractivity contribution >= 4 is 11.6 Å². The number of anilines is 1. The lowest BCUT2D eigenvalue weighted by Crippen LogP contribution is -2.52. The molecule has 0 aliphatic carbocycles. The summed E-state index contributed by atoms with van der Waals surface area (Å²) in [4.78, 5) is 22.0. The van der Waals surface area contributed by atoms with Crippen molar-refractivity contribution in [3.8, 4) is 5.69 Å². The van der Waals surface area contributed by atoms with Gasteiger partial charge in [0.25, 0.3) is 0 Å². The van der Waals surface area contributed by atoms with Crippen molar-refractivity contribution in [2.75, 3.05) is 31.2 Å². The quantitative estimate of drug-likeness (QED) is 0.815. The zero-order chi connectivity index (χ0) is 19.1. The smallest absolute Gasteiger partial charge is 0.226 e. The lowest BCUT2D eigenvalue weighted by Gasteiger charge is -2.40. The third kappa shape index (κ3) is 3.07. The fourth-order valence-electron chi connectivity index (χ4n) is 4.93. The molecular formula is C21H27N5O2. The van der Waals surface area contributed by atoms with E-state index in [4.69, 9.17) is 4.74 Å². The van der Waals surface area contributed by atoms with Gasteiger partial charge >= 0.3 is 0 Å². The molecule has 5 heterocycles. The van der Waals surface area contributed by atoms with Crippen molar-refractivity contribution in [3.05, 3.63) is 36.4 Å². The Kier molecular flexibility index (Phi) is 4.55. The van der Waals surface area contributed by atoms with Gasteiger partial charge in [0.2, 0.25) is 5.91 Å². The number of fused-ring (bicyclic) bond motifs is 2. The largest absolute Gasteiger partial charge is 0.377 e. The minimum atomic E-state index is 0.129. The SMILES string of the molecule is Cc1cnn(-c2ccncc2N2CCC(C(=O)N3C4CCC3COC4)CC2)c1. The summed E-state index contributed by atoms with van der Waals surface area (Å²) in [5, 5.41) is 4.46. The average molecular weight is 381 g/mol. The molecule has 3 aliphatic heterocycles. The minimum Gasteiger partial charge on any atom is -0.377 e. The van der Waals surface area contributed by atoms with E-state index < -0.39 is 0 Å². The monoisotopic (exact) mass is 381 g/mol. The number of piperidine rings is 1. The second-order valence-corrected chi connectivity index (χ2v) is 8.26. The molecule has 0 spiro atoms. The number of hydrogen-bond acceptors (Lipinski definition) is 5. The van der Waals surface area contributed by atoms with Gasteiger partial charge in [-0.25, -0.2) is 4.68 Å². The topological polar surface area (TPSA) is 63.5 Å². The van der Waals surface area contributed by atoms with E-state index in [1.807, 2.05) is 36.3 Å². The number of carbonyl (C=O) groups excluding carboxylic acids is 1. The number of aromatic nitrogens is 3. The average Bonchev–Trinajstić information content (AvgIpc) is 3.27. The van der Waals surface area contributed by atoms with Crippen LogP contribution in [0.4, 0.5) is 5.69 Å². The number of morpholine rings is 1. The molecule has 1 amide bonds. The zero-order valence-electron chi connectivity index (χ0n) is 16.3. The van der Waals surface area contributed by atoms with Crippen LogP contribution in [0, 0.1) is 12.8 Å². The summed E-state index contributed by atoms with van der Waals surface area (Å²) in [6, 6.07) is 2.61. The maximum Gasteiger partial charge on any atom is 0.226 e. The Morgan fingerprint density at radius 3 is 2.50 bits per heavy atom. The Morgan fingerprint density at radius 2 is 1.82 bits per heavy atom. The first-order valence-corrected chi connectivity index (χ1v) is 10.3. The van der Waals surface area contributed by atoms with Crippen LogP contribution in [0.1, 0.15) is 31.2 Å². The lowest BCUT2D eigenvalue weighted by atomic mass is 9.94. The highest BCUT2D eigenvalue weighted by atomic mass is 16.5. The van der Waals surface area contributed by atoms with Crippen LogP contribution in [0.2, 0.25) is 0 Å². The number of hydrogen-bond donors (Lipinski definition) is 0. The Hall–Kier alpha value is -2.41. The van der Waals surface area contributed by atoms with Crippen molar-refractivity contribution in [1.82, 2.24) is 19.7 Å². The summed E-state index contributed by atoms with van der Waals surface area (Å²) in [6.07, 6.45) is 11.6. The van der Waals surface area contributed by atoms with Crippen molar-refractivity contribution in [2.24, 2.45) is 5.92 Å². The first-order valence-electron chi connectivity index (χ1n) is 10.3. The first kappa shape index (κ1) is 17.7. The Morgan fingerprint density at radius 1 is 1.07 bits per heavy atom. The number of ether oxygens (including phenoxy) is 1. The van der Waals surface area contributed by atoms with Gasteiger partial charge in [-0.15, -0.1) is 0 Å². The minimum absolute atomic E-state index is 0.129. The number of rotatable bonds is 3. The van der Waals surface area contributed by atoms with Crippen LogP contribution in [-0.2, 0) is 9.53 Å². The lowest BCUT2D eigenvalue weighted by molar-refractivity contribution is -0.146. The van der Waals surface area contributed by atoms with Crippen LogP contribution in [-0.4, -0.2) is 64.0 Å². The van der Waals surface area contributed by atoms with E-state index in [9.17, 15) is 4.79 Å². The molecule has 3 aliphatic rings. The summed E-state index contributed by atoms with van der Waals surface area (Å²) in [5.74, 6) is 0.481. The van der Waals surface area contributed by atoms with E-state index in [0.29, 0.717) is 31.2 Å². The van der Waals surface area contributed by atoms with Gasteiger partial charge in [-0.2, -0.15) is 5.10 Å². The standard InChI is InChI=1S/C21H27N5O2/c1-15-10-23-25(12-15)19-4-7-22-11-20(19)24-8-5-16(6-9-24)21(27)26-17-2-3-18(26)14-28-13-17/h4,7,10-12,16-18H,2-3,5-6,8-9,13-14H2,1H3. The molecule has 3 saturated heterocycles. The number of aryl methyl sites for hydroxylation is 1. The van der Waals surface area contributed by atoms with Crippen LogP contribution in [0.25, 0.3) is 5.69 Å². The van der Waals surface area contributed by atoms with Crippen LogP contribution < -0.4 is 4.90 Å². The Balaban J connectivity index is 1.29. The molecule has 2 aromatic rings. The van der Waals surface area contributed by atoms with Gasteiger partial charge in [0, 0.05) is 31.4 Å². The van der Waals surface area contributed by atoms with Crippen LogP contribution in [0.15, 0.2) is 30.9 Å². The Bertz CT molecular complexity index is 842. The highest BCUT2D eigenvalue weighted by Gasteiger charge is 2.43. The summed E-state index contributed by atoms with van der Waals surface area (Å²) in [7, 11) is 0. The molecule has 0 radical (unpaired) electrons. The maximum absolute atomic E-state index is 13.2. The van der Waals surface area contributed by atoms with Crippen LogP contribution in [0.3, 0.4) is 0 Å². The van der Waals surface area contributed by atoms with E-state index in [0.717, 1.165) is 55.7 Å². The molecule has 3 fully saturated rings. The summed E-state index contributed by atoms with van der Waals surface area (Å²) in [5.41, 5.74) is 3.26. The molecule has 2 atom stereocenters. The van der Waals surface area contributed by atoms with E-state index in [1.165, 1.54) is 0 Å². The molecule has 2 unspecified atom stereocenters. The third-order valence-corrected chi connectivity index (χ3v) is 6.42. The number of nitrogens with zero attached hydrogens (tertiary/aromatic N) is 5. The number of amides is 1. The van der Waals surface area contributed by atoms with Gasteiger partial charge in [0.15, 0.2) is 0 Å². The molecule has 148 valence electrons. The normalized spacial score (nSPS) is 25.3. The van der Waals surface area contributed by atoms with Crippen molar-refractivity contribution in [3.63, 3.8) is 0 Å².